The van der Waals surface area contributed by atoms with Crippen LogP contribution in [0.5, 0.6) is 0 Å². The predicted molar refractivity (Wildman–Crippen MR) is 81.0 cm³/mol. The summed E-state index contributed by atoms with van der Waals surface area (Å²) in [6, 6.07) is 9.25. The van der Waals surface area contributed by atoms with Crippen molar-refractivity contribution in [3.05, 3.63) is 47.9 Å². The normalized spacial score (nSPS) is 10.1. The molecular weight excluding hydrogens is 287 g/mol. The molecule has 6 nitrogen and oxygen atoms in total. The van der Waals surface area contributed by atoms with E-state index in [0.717, 1.165) is 0 Å². The van der Waals surface area contributed by atoms with Crippen molar-refractivity contribution in [1.82, 2.24) is 20.9 Å². The van der Waals surface area contributed by atoms with Crippen LogP contribution in [0.1, 0.15) is 10.5 Å². The molecule has 2 aromatic rings. The Bertz CT molecular complexity index is 669. The molecule has 0 aliphatic carbocycles. The highest BCUT2D eigenvalue weighted by Crippen LogP contribution is 2.21. The van der Waals surface area contributed by atoms with Gasteiger partial charge in [-0.25, -0.2) is 9.18 Å². The molecule has 0 atom stereocenters. The molecule has 1 aromatic heterocycles. The topological polar surface area (TPSA) is 86.0 Å². The molecule has 2 rings (SSSR count). The van der Waals surface area contributed by atoms with Gasteiger partial charge < -0.3 is 20.9 Å². The lowest BCUT2D eigenvalue weighted by molar-refractivity contribution is 0.0949. The smallest absolute Gasteiger partial charge is 0.314 e. The Labute approximate surface area is 127 Å². The molecule has 0 radical (unpaired) electrons. The zero-order valence-corrected chi connectivity index (χ0v) is 12.1. The summed E-state index contributed by atoms with van der Waals surface area (Å²) in [4.78, 5) is 25.7. The lowest BCUT2D eigenvalue weighted by Crippen LogP contribution is -2.38. The van der Waals surface area contributed by atoms with Crippen LogP contribution < -0.4 is 16.0 Å². The van der Waals surface area contributed by atoms with E-state index in [0.29, 0.717) is 30.0 Å². The fourth-order valence-corrected chi connectivity index (χ4v) is 1.90. The molecule has 0 unspecified atom stereocenters. The number of aromatic amines is 1. The number of carbonyl (C=O) groups is 2. The van der Waals surface area contributed by atoms with Gasteiger partial charge >= 0.3 is 6.03 Å². The number of halogens is 1. The Hall–Kier alpha value is -2.83. The first kappa shape index (κ1) is 15.6. The van der Waals surface area contributed by atoms with Crippen molar-refractivity contribution in [1.29, 1.82) is 0 Å². The van der Waals surface area contributed by atoms with E-state index in [2.05, 4.69) is 20.9 Å². The third-order valence-electron chi connectivity index (χ3n) is 3.02. The lowest BCUT2D eigenvalue weighted by atomic mass is 10.1. The molecule has 3 amide bonds. The van der Waals surface area contributed by atoms with Crippen LogP contribution >= 0.6 is 0 Å². The highest BCUT2D eigenvalue weighted by molar-refractivity contribution is 5.93. The number of rotatable bonds is 5. The molecular formula is C15H17FN4O2. The molecule has 0 saturated carbocycles. The maximum Gasteiger partial charge on any atom is 0.314 e. The first-order valence-corrected chi connectivity index (χ1v) is 6.79. The van der Waals surface area contributed by atoms with Gasteiger partial charge in [0.25, 0.3) is 5.91 Å². The number of hydrogen-bond acceptors (Lipinski definition) is 2. The van der Waals surface area contributed by atoms with Crippen LogP contribution in [0.3, 0.4) is 0 Å². The SMILES string of the molecule is CNC(=O)NCCNC(=O)c1ccc(-c2ccccc2F)[nH]1. The van der Waals surface area contributed by atoms with Crippen LogP contribution in [-0.4, -0.2) is 37.1 Å². The van der Waals surface area contributed by atoms with E-state index in [1.165, 1.54) is 13.1 Å². The number of urea groups is 1. The number of H-pyrrole nitrogens is 1. The average Bonchev–Trinajstić information content (AvgIpc) is 3.01. The molecule has 7 heteroatoms. The number of amides is 3. The van der Waals surface area contributed by atoms with Crippen molar-refractivity contribution < 1.29 is 14.0 Å². The summed E-state index contributed by atoms with van der Waals surface area (Å²) < 4.78 is 13.7. The Morgan fingerprint density at radius 1 is 1.09 bits per heavy atom. The van der Waals surface area contributed by atoms with Gasteiger partial charge in [-0.1, -0.05) is 12.1 Å². The van der Waals surface area contributed by atoms with E-state index in [-0.39, 0.29) is 17.8 Å². The number of hydrogen-bond donors (Lipinski definition) is 4. The second-order valence-electron chi connectivity index (χ2n) is 4.53. The van der Waals surface area contributed by atoms with Crippen LogP contribution in [0.15, 0.2) is 36.4 Å². The van der Waals surface area contributed by atoms with Gasteiger partial charge in [0, 0.05) is 31.4 Å². The summed E-state index contributed by atoms with van der Waals surface area (Å²) in [5.74, 6) is -0.674. The summed E-state index contributed by atoms with van der Waals surface area (Å²) in [6.45, 7) is 0.604. The summed E-state index contributed by atoms with van der Waals surface area (Å²) >= 11 is 0. The quantitative estimate of drug-likeness (QED) is 0.631. The fourth-order valence-electron chi connectivity index (χ4n) is 1.90. The van der Waals surface area contributed by atoms with Crippen LogP contribution in [0.4, 0.5) is 9.18 Å². The minimum atomic E-state index is -0.355. The van der Waals surface area contributed by atoms with Crippen LogP contribution in [0, 0.1) is 5.82 Å². The van der Waals surface area contributed by atoms with E-state index in [9.17, 15) is 14.0 Å². The van der Waals surface area contributed by atoms with Crippen LogP contribution in [-0.2, 0) is 0 Å². The van der Waals surface area contributed by atoms with Gasteiger partial charge in [0.05, 0.1) is 0 Å². The van der Waals surface area contributed by atoms with Crippen molar-refractivity contribution >= 4 is 11.9 Å². The Kier molecular flexibility index (Phi) is 5.13. The third kappa shape index (κ3) is 3.85. The standard InChI is InChI=1S/C15H17FN4O2/c1-17-15(22)19-9-8-18-14(21)13-7-6-12(20-13)10-4-2-3-5-11(10)16/h2-7,20H,8-9H2,1H3,(H,18,21)(H2,17,19,22). The average molecular weight is 304 g/mol. The van der Waals surface area contributed by atoms with Crippen LogP contribution in [0.2, 0.25) is 0 Å². The predicted octanol–water partition coefficient (Wildman–Crippen LogP) is 1.48. The number of nitrogens with one attached hydrogen (secondary N) is 4. The molecule has 0 saturated heterocycles. The van der Waals surface area contributed by atoms with Crippen molar-refractivity contribution in [3.63, 3.8) is 0 Å². The van der Waals surface area contributed by atoms with Gasteiger partial charge in [-0.05, 0) is 24.3 Å². The van der Waals surface area contributed by atoms with Crippen molar-refractivity contribution in [2.24, 2.45) is 0 Å². The van der Waals surface area contributed by atoms with E-state index >= 15 is 0 Å². The maximum absolute atomic E-state index is 13.7. The molecule has 0 aliphatic rings. The maximum atomic E-state index is 13.7. The van der Waals surface area contributed by atoms with Gasteiger partial charge in [0.2, 0.25) is 0 Å². The molecule has 0 bridgehead atoms. The molecule has 0 fully saturated rings. The van der Waals surface area contributed by atoms with E-state index in [1.54, 1.807) is 30.3 Å². The van der Waals surface area contributed by atoms with Gasteiger partial charge in [-0.3, -0.25) is 4.79 Å². The summed E-state index contributed by atoms with van der Waals surface area (Å²) in [5, 5.41) is 7.61. The Morgan fingerprint density at radius 3 is 2.55 bits per heavy atom. The summed E-state index contributed by atoms with van der Waals surface area (Å²) in [6.07, 6.45) is 0. The summed E-state index contributed by atoms with van der Waals surface area (Å²) in [7, 11) is 1.51. The molecule has 22 heavy (non-hydrogen) atoms. The third-order valence-corrected chi connectivity index (χ3v) is 3.02. The van der Waals surface area contributed by atoms with E-state index in [1.807, 2.05) is 0 Å². The van der Waals surface area contributed by atoms with Crippen molar-refractivity contribution in [2.45, 2.75) is 0 Å². The van der Waals surface area contributed by atoms with Crippen LogP contribution in [0.25, 0.3) is 11.3 Å². The highest BCUT2D eigenvalue weighted by Gasteiger charge is 2.11. The Morgan fingerprint density at radius 2 is 1.82 bits per heavy atom. The zero-order valence-electron chi connectivity index (χ0n) is 12.1. The zero-order chi connectivity index (χ0) is 15.9. The number of aromatic nitrogens is 1. The molecule has 1 aromatic carbocycles. The van der Waals surface area contributed by atoms with E-state index in [4.69, 9.17) is 0 Å². The minimum Gasteiger partial charge on any atom is -0.350 e. The number of benzene rings is 1. The summed E-state index contributed by atoms with van der Waals surface area (Å²) in [5.41, 5.74) is 1.27. The minimum absolute atomic E-state index is 0.292. The second kappa shape index (κ2) is 7.26. The van der Waals surface area contributed by atoms with Gasteiger partial charge in [-0.2, -0.15) is 0 Å². The monoisotopic (exact) mass is 304 g/mol. The lowest BCUT2D eigenvalue weighted by Gasteiger charge is -2.05. The highest BCUT2D eigenvalue weighted by atomic mass is 19.1. The largest absolute Gasteiger partial charge is 0.350 e. The molecule has 0 spiro atoms. The molecule has 1 heterocycles. The second-order valence-corrected chi connectivity index (χ2v) is 4.53. The first-order chi connectivity index (χ1) is 10.6. The van der Waals surface area contributed by atoms with Crippen molar-refractivity contribution in [3.8, 4) is 11.3 Å². The molecule has 116 valence electrons. The Balaban J connectivity index is 1.92. The van der Waals surface area contributed by atoms with Gasteiger partial charge in [0.1, 0.15) is 11.5 Å². The van der Waals surface area contributed by atoms with Gasteiger partial charge in [0.15, 0.2) is 0 Å². The fraction of sp³-hybridized carbons (Fsp3) is 0.200. The molecule has 0 aliphatic heterocycles. The van der Waals surface area contributed by atoms with Crippen molar-refractivity contribution in [2.75, 3.05) is 20.1 Å². The van der Waals surface area contributed by atoms with E-state index < -0.39 is 0 Å². The number of carbonyl (C=O) groups excluding carboxylic acids is 2. The first-order valence-electron chi connectivity index (χ1n) is 6.79. The van der Waals surface area contributed by atoms with Gasteiger partial charge in [-0.15, -0.1) is 0 Å². The molecule has 4 N–H and O–H groups in total.